The van der Waals surface area contributed by atoms with E-state index in [1.54, 1.807) is 28.6 Å². The molecule has 4 aromatic rings. The molecule has 1 saturated heterocycles. The Bertz CT molecular complexity index is 1310. The van der Waals surface area contributed by atoms with Gasteiger partial charge in [0.05, 0.1) is 17.7 Å². The van der Waals surface area contributed by atoms with E-state index in [-0.39, 0.29) is 30.2 Å². The molecule has 6 nitrogen and oxygen atoms in total. The number of hydrogen-bond acceptors (Lipinski definition) is 5. The standard InChI is InChI=1S/C27H24N4O2S/c1-18(19-7-3-2-4-8-19)31-16-22(14-25(31)32)26(33)29-23-11-5-9-20(13-23)24-17-34-27(30-24)21-10-6-12-28-15-21/h2-13,15,17-18,22H,14,16H2,1H3,(H,29,33). The van der Waals surface area contributed by atoms with Crippen LogP contribution < -0.4 is 5.32 Å². The molecule has 0 saturated carbocycles. The van der Waals surface area contributed by atoms with Gasteiger partial charge in [-0.2, -0.15) is 0 Å². The molecule has 2 aromatic heterocycles. The molecule has 7 heteroatoms. The number of nitrogens with one attached hydrogen (secondary N) is 1. The van der Waals surface area contributed by atoms with Crippen LogP contribution in [0.1, 0.15) is 24.9 Å². The third kappa shape index (κ3) is 4.61. The van der Waals surface area contributed by atoms with Crippen LogP contribution in [-0.2, 0) is 9.59 Å². The Hall–Kier alpha value is -3.84. The minimum Gasteiger partial charge on any atom is -0.335 e. The van der Waals surface area contributed by atoms with Gasteiger partial charge in [0.25, 0.3) is 0 Å². The lowest BCUT2D eigenvalue weighted by Crippen LogP contribution is -2.30. The van der Waals surface area contributed by atoms with Gasteiger partial charge in [0.15, 0.2) is 0 Å². The summed E-state index contributed by atoms with van der Waals surface area (Å²) in [5.41, 5.74) is 4.51. The SMILES string of the molecule is CC(c1ccccc1)N1CC(C(=O)Nc2cccc(-c3csc(-c4cccnc4)n3)c2)CC1=O. The van der Waals surface area contributed by atoms with Crippen molar-refractivity contribution in [1.29, 1.82) is 0 Å². The number of hydrogen-bond donors (Lipinski definition) is 1. The monoisotopic (exact) mass is 468 g/mol. The van der Waals surface area contributed by atoms with Gasteiger partial charge in [0, 0.05) is 47.6 Å². The number of amides is 2. The molecule has 0 spiro atoms. The van der Waals surface area contributed by atoms with Crippen molar-refractivity contribution in [1.82, 2.24) is 14.9 Å². The molecule has 0 aliphatic carbocycles. The number of carbonyl (C=O) groups is 2. The Morgan fingerprint density at radius 3 is 2.71 bits per heavy atom. The molecule has 1 aliphatic rings. The molecule has 170 valence electrons. The van der Waals surface area contributed by atoms with Gasteiger partial charge in [-0.3, -0.25) is 14.6 Å². The number of carbonyl (C=O) groups excluding carboxylic acids is 2. The van der Waals surface area contributed by atoms with E-state index in [2.05, 4.69) is 10.3 Å². The van der Waals surface area contributed by atoms with E-state index in [0.29, 0.717) is 12.2 Å². The number of pyridine rings is 1. The number of rotatable bonds is 6. The zero-order chi connectivity index (χ0) is 23.5. The van der Waals surface area contributed by atoms with Crippen LogP contribution in [0.2, 0.25) is 0 Å². The highest BCUT2D eigenvalue weighted by molar-refractivity contribution is 7.13. The van der Waals surface area contributed by atoms with E-state index in [0.717, 1.165) is 27.4 Å². The molecule has 5 rings (SSSR count). The first-order valence-electron chi connectivity index (χ1n) is 11.2. The summed E-state index contributed by atoms with van der Waals surface area (Å²) in [5, 5.41) is 5.90. The van der Waals surface area contributed by atoms with Gasteiger partial charge in [0.1, 0.15) is 5.01 Å². The molecule has 0 bridgehead atoms. The summed E-state index contributed by atoms with van der Waals surface area (Å²) in [5.74, 6) is -0.503. The van der Waals surface area contributed by atoms with Gasteiger partial charge in [-0.1, -0.05) is 42.5 Å². The van der Waals surface area contributed by atoms with Gasteiger partial charge in [-0.15, -0.1) is 11.3 Å². The number of nitrogens with zero attached hydrogens (tertiary/aromatic N) is 3. The molecule has 2 unspecified atom stereocenters. The van der Waals surface area contributed by atoms with Gasteiger partial charge >= 0.3 is 0 Å². The van der Waals surface area contributed by atoms with E-state index in [9.17, 15) is 9.59 Å². The van der Waals surface area contributed by atoms with Crippen LogP contribution in [0.3, 0.4) is 0 Å². The number of aromatic nitrogens is 2. The quantitative estimate of drug-likeness (QED) is 0.410. The van der Waals surface area contributed by atoms with Gasteiger partial charge in [-0.25, -0.2) is 4.98 Å². The lowest BCUT2D eigenvalue weighted by atomic mass is 10.1. The van der Waals surface area contributed by atoms with Crippen LogP contribution in [0.5, 0.6) is 0 Å². The van der Waals surface area contributed by atoms with Crippen molar-refractivity contribution >= 4 is 28.8 Å². The topological polar surface area (TPSA) is 75.2 Å². The lowest BCUT2D eigenvalue weighted by molar-refractivity contribution is -0.129. The average Bonchev–Trinajstić information content (AvgIpc) is 3.52. The summed E-state index contributed by atoms with van der Waals surface area (Å²) in [6.45, 7) is 2.42. The first-order chi connectivity index (χ1) is 16.6. The Labute approximate surface area is 202 Å². The summed E-state index contributed by atoms with van der Waals surface area (Å²) in [7, 11) is 0. The van der Waals surface area contributed by atoms with Crippen molar-refractivity contribution in [2.24, 2.45) is 5.92 Å². The average molecular weight is 469 g/mol. The summed E-state index contributed by atoms with van der Waals surface area (Å²) >= 11 is 1.56. The van der Waals surface area contributed by atoms with Crippen LogP contribution in [0.4, 0.5) is 5.69 Å². The van der Waals surface area contributed by atoms with E-state index in [4.69, 9.17) is 4.98 Å². The Morgan fingerprint density at radius 1 is 1.09 bits per heavy atom. The number of thiazole rings is 1. The molecular weight excluding hydrogens is 444 g/mol. The fraction of sp³-hybridized carbons (Fsp3) is 0.185. The van der Waals surface area contributed by atoms with E-state index < -0.39 is 0 Å². The van der Waals surface area contributed by atoms with Crippen molar-refractivity contribution < 1.29 is 9.59 Å². The van der Waals surface area contributed by atoms with Crippen LogP contribution >= 0.6 is 11.3 Å². The maximum absolute atomic E-state index is 13.0. The summed E-state index contributed by atoms with van der Waals surface area (Å²) < 4.78 is 0. The molecule has 0 radical (unpaired) electrons. The summed E-state index contributed by atoms with van der Waals surface area (Å²) in [6.07, 6.45) is 3.76. The van der Waals surface area contributed by atoms with Crippen LogP contribution in [0.15, 0.2) is 84.5 Å². The van der Waals surface area contributed by atoms with Crippen LogP contribution in [0, 0.1) is 5.92 Å². The molecule has 2 atom stereocenters. The second kappa shape index (κ2) is 9.57. The second-order valence-corrected chi connectivity index (χ2v) is 9.24. The maximum Gasteiger partial charge on any atom is 0.229 e. The molecule has 2 aromatic carbocycles. The highest BCUT2D eigenvalue weighted by Gasteiger charge is 2.37. The maximum atomic E-state index is 13.0. The first-order valence-corrected chi connectivity index (χ1v) is 12.1. The Kier molecular flexibility index (Phi) is 6.18. The van der Waals surface area contributed by atoms with Crippen molar-refractivity contribution in [2.75, 3.05) is 11.9 Å². The van der Waals surface area contributed by atoms with Crippen LogP contribution in [-0.4, -0.2) is 33.2 Å². The van der Waals surface area contributed by atoms with E-state index in [1.807, 2.05) is 79.0 Å². The zero-order valence-electron chi connectivity index (χ0n) is 18.7. The zero-order valence-corrected chi connectivity index (χ0v) is 19.5. The predicted molar refractivity (Wildman–Crippen MR) is 134 cm³/mol. The number of benzene rings is 2. The highest BCUT2D eigenvalue weighted by atomic mass is 32.1. The first kappa shape index (κ1) is 22.0. The molecule has 1 aliphatic heterocycles. The smallest absolute Gasteiger partial charge is 0.229 e. The summed E-state index contributed by atoms with van der Waals surface area (Å²) in [4.78, 5) is 36.3. The van der Waals surface area contributed by atoms with Gasteiger partial charge in [-0.05, 0) is 36.8 Å². The van der Waals surface area contributed by atoms with E-state index >= 15 is 0 Å². The minimum absolute atomic E-state index is 0.00987. The molecular formula is C27H24N4O2S. The van der Waals surface area contributed by atoms with Crippen molar-refractivity contribution in [3.05, 3.63) is 90.1 Å². The molecule has 1 N–H and O–H groups in total. The Morgan fingerprint density at radius 2 is 1.91 bits per heavy atom. The van der Waals surface area contributed by atoms with Gasteiger partial charge in [0.2, 0.25) is 11.8 Å². The van der Waals surface area contributed by atoms with E-state index in [1.165, 1.54) is 0 Å². The molecule has 34 heavy (non-hydrogen) atoms. The lowest BCUT2D eigenvalue weighted by Gasteiger charge is -2.25. The molecule has 2 amide bonds. The molecule has 1 fully saturated rings. The third-order valence-corrected chi connectivity index (χ3v) is 7.01. The highest BCUT2D eigenvalue weighted by Crippen LogP contribution is 2.31. The van der Waals surface area contributed by atoms with Crippen molar-refractivity contribution in [2.45, 2.75) is 19.4 Å². The molecule has 3 heterocycles. The fourth-order valence-corrected chi connectivity index (χ4v) is 5.04. The second-order valence-electron chi connectivity index (χ2n) is 8.38. The normalized spacial score (nSPS) is 16.4. The number of likely N-dealkylation sites (tertiary alicyclic amines) is 1. The largest absolute Gasteiger partial charge is 0.335 e. The van der Waals surface area contributed by atoms with Crippen LogP contribution in [0.25, 0.3) is 21.8 Å². The summed E-state index contributed by atoms with van der Waals surface area (Å²) in [6, 6.07) is 21.4. The number of anilines is 1. The fourth-order valence-electron chi connectivity index (χ4n) is 4.22. The van der Waals surface area contributed by atoms with Crippen molar-refractivity contribution in [3.8, 4) is 21.8 Å². The minimum atomic E-state index is -0.376. The van der Waals surface area contributed by atoms with Gasteiger partial charge < -0.3 is 10.2 Å². The predicted octanol–water partition coefficient (Wildman–Crippen LogP) is 5.42. The third-order valence-electron chi connectivity index (χ3n) is 6.12. The van der Waals surface area contributed by atoms with Crippen molar-refractivity contribution in [3.63, 3.8) is 0 Å². The Balaban J connectivity index is 1.27.